The number of carbonyl (C=O) groups is 2. The van der Waals surface area contributed by atoms with Crippen LogP contribution in [0, 0.1) is 0 Å². The Kier molecular flexibility index (Phi) is 5.49. The first-order valence-corrected chi connectivity index (χ1v) is 11.7. The van der Waals surface area contributed by atoms with Crippen molar-refractivity contribution in [3.63, 3.8) is 0 Å². The maximum atomic E-state index is 13.1. The van der Waals surface area contributed by atoms with E-state index in [9.17, 15) is 23.1 Å². The number of hydrogen-bond donors (Lipinski definition) is 2. The van der Waals surface area contributed by atoms with Crippen LogP contribution in [0.1, 0.15) is 33.8 Å². The third kappa shape index (κ3) is 3.68. The molecule has 1 aliphatic rings. The number of aromatic carboxylic acids is 1. The molecule has 3 aromatic carbocycles. The molecule has 0 aromatic heterocycles. The van der Waals surface area contributed by atoms with Gasteiger partial charge in [0, 0.05) is 15.4 Å². The Morgan fingerprint density at radius 2 is 1.81 bits per heavy atom. The van der Waals surface area contributed by atoms with Crippen LogP contribution in [0.25, 0.3) is 10.8 Å². The molecule has 4 rings (SSSR count). The van der Waals surface area contributed by atoms with Crippen LogP contribution in [-0.2, 0) is 21.2 Å². The van der Waals surface area contributed by atoms with Gasteiger partial charge in [0.25, 0.3) is 10.0 Å². The van der Waals surface area contributed by atoms with Crippen molar-refractivity contribution in [2.75, 3.05) is 7.11 Å². The van der Waals surface area contributed by atoms with Gasteiger partial charge < -0.3 is 9.84 Å². The summed E-state index contributed by atoms with van der Waals surface area (Å²) < 4.78 is 34.6. The molecular weight excluding hydrogens is 486 g/mol. The predicted molar refractivity (Wildman–Crippen MR) is 118 cm³/mol. The number of carbonyl (C=O) groups excluding carboxylic acids is 1. The lowest BCUT2D eigenvalue weighted by Crippen LogP contribution is -2.34. The number of carboxylic acid groups (broad SMARTS) is 1. The molecule has 1 atom stereocenters. The zero-order chi connectivity index (χ0) is 22.3. The van der Waals surface area contributed by atoms with Gasteiger partial charge in [0.15, 0.2) is 0 Å². The third-order valence-corrected chi connectivity index (χ3v) is 7.61. The number of nitrogens with one attached hydrogen (secondary N) is 1. The van der Waals surface area contributed by atoms with E-state index in [2.05, 4.69) is 20.7 Å². The Labute approximate surface area is 187 Å². The number of hydrogen-bond acceptors (Lipinski definition) is 5. The summed E-state index contributed by atoms with van der Waals surface area (Å²) in [5.74, 6) is -1.96. The summed E-state index contributed by atoms with van der Waals surface area (Å²) in [5, 5.41) is 9.91. The van der Waals surface area contributed by atoms with Crippen LogP contribution < -0.4 is 9.46 Å². The second kappa shape index (κ2) is 7.97. The number of amides is 1. The number of rotatable bonds is 5. The summed E-state index contributed by atoms with van der Waals surface area (Å²) in [6, 6.07) is 12.3. The van der Waals surface area contributed by atoms with Gasteiger partial charge >= 0.3 is 5.97 Å². The number of ether oxygens (including phenoxy) is 1. The molecule has 0 fully saturated rings. The lowest BCUT2D eigenvalue weighted by molar-refractivity contribution is -0.120. The molecule has 160 valence electrons. The Hall–Kier alpha value is -2.91. The van der Waals surface area contributed by atoms with E-state index in [1.165, 1.54) is 43.5 Å². The minimum atomic E-state index is -4.24. The first kappa shape index (κ1) is 21.3. The summed E-state index contributed by atoms with van der Waals surface area (Å²) in [6.45, 7) is 0. The quantitative estimate of drug-likeness (QED) is 0.547. The monoisotopic (exact) mass is 503 g/mol. The van der Waals surface area contributed by atoms with Gasteiger partial charge in [0.1, 0.15) is 5.75 Å². The number of benzene rings is 3. The van der Waals surface area contributed by atoms with Crippen LogP contribution in [0.4, 0.5) is 0 Å². The highest BCUT2D eigenvalue weighted by Gasteiger charge is 2.35. The molecule has 7 nitrogen and oxygen atoms in total. The van der Waals surface area contributed by atoms with E-state index in [4.69, 9.17) is 4.74 Å². The normalized spacial score (nSPS) is 15.5. The van der Waals surface area contributed by atoms with Crippen LogP contribution in [-0.4, -0.2) is 32.5 Å². The van der Waals surface area contributed by atoms with Crippen molar-refractivity contribution in [1.29, 1.82) is 0 Å². The molecule has 31 heavy (non-hydrogen) atoms. The summed E-state index contributed by atoms with van der Waals surface area (Å²) in [7, 11) is -2.74. The summed E-state index contributed by atoms with van der Waals surface area (Å²) in [6.07, 6.45) is 1.07. The van der Waals surface area contributed by atoms with E-state index in [1.807, 2.05) is 6.07 Å². The number of methoxy groups -OCH3 is 1. The van der Waals surface area contributed by atoms with E-state index in [0.717, 1.165) is 10.0 Å². The highest BCUT2D eigenvalue weighted by atomic mass is 79.9. The molecule has 0 saturated carbocycles. The summed E-state index contributed by atoms with van der Waals surface area (Å²) >= 11 is 3.48. The molecule has 0 heterocycles. The lowest BCUT2D eigenvalue weighted by Gasteiger charge is -2.17. The van der Waals surface area contributed by atoms with Crippen molar-refractivity contribution in [3.05, 3.63) is 69.7 Å². The van der Waals surface area contributed by atoms with E-state index in [1.54, 1.807) is 6.07 Å². The minimum absolute atomic E-state index is 0.0137. The fourth-order valence-corrected chi connectivity index (χ4v) is 5.87. The fourth-order valence-electron chi connectivity index (χ4n) is 4.09. The van der Waals surface area contributed by atoms with Crippen LogP contribution in [0.5, 0.6) is 5.75 Å². The molecule has 0 spiro atoms. The molecule has 0 aliphatic heterocycles. The Balaban J connectivity index is 1.72. The molecule has 1 amide bonds. The Bertz CT molecular complexity index is 1340. The van der Waals surface area contributed by atoms with Gasteiger partial charge in [-0.15, -0.1) is 0 Å². The fraction of sp³-hybridized carbons (Fsp3) is 0.182. The van der Waals surface area contributed by atoms with Crippen molar-refractivity contribution >= 4 is 48.6 Å². The molecule has 3 aromatic rings. The summed E-state index contributed by atoms with van der Waals surface area (Å²) in [4.78, 5) is 24.4. The second-order valence-electron chi connectivity index (χ2n) is 7.16. The lowest BCUT2D eigenvalue weighted by atomic mass is 10.00. The number of sulfonamides is 1. The molecule has 2 N–H and O–H groups in total. The Morgan fingerprint density at radius 1 is 1.10 bits per heavy atom. The maximum Gasteiger partial charge on any atom is 0.336 e. The van der Waals surface area contributed by atoms with Crippen molar-refractivity contribution in [2.45, 2.75) is 23.7 Å². The average molecular weight is 504 g/mol. The number of fused-ring (bicyclic) bond motifs is 2. The third-order valence-electron chi connectivity index (χ3n) is 5.46. The van der Waals surface area contributed by atoms with Gasteiger partial charge in [-0.2, -0.15) is 0 Å². The highest BCUT2D eigenvalue weighted by molar-refractivity contribution is 9.10. The van der Waals surface area contributed by atoms with Gasteiger partial charge in [-0.1, -0.05) is 40.2 Å². The van der Waals surface area contributed by atoms with E-state index in [-0.39, 0.29) is 21.2 Å². The van der Waals surface area contributed by atoms with Crippen molar-refractivity contribution in [1.82, 2.24) is 4.72 Å². The largest absolute Gasteiger partial charge is 0.496 e. The van der Waals surface area contributed by atoms with Crippen LogP contribution in [0.15, 0.2) is 57.9 Å². The Morgan fingerprint density at radius 3 is 2.52 bits per heavy atom. The molecule has 0 bridgehead atoms. The predicted octanol–water partition coefficient (Wildman–Crippen LogP) is 3.84. The van der Waals surface area contributed by atoms with Crippen molar-refractivity contribution in [3.8, 4) is 5.75 Å². The molecule has 0 radical (unpaired) electrons. The van der Waals surface area contributed by atoms with Gasteiger partial charge in [0.05, 0.1) is 23.5 Å². The van der Waals surface area contributed by atoms with E-state index in [0.29, 0.717) is 24.2 Å². The first-order valence-electron chi connectivity index (χ1n) is 9.41. The standard InChI is InChI=1S/C22H18BrNO6S/c1-30-18-11-10-17(23)15-8-9-16(20(15)18)21(25)24-31(28,29)19-7-3-4-12-13(19)5-2-6-14(12)22(26)27/h2-7,10-11,16H,8-9H2,1H3,(H,24,25)(H,26,27). The topological polar surface area (TPSA) is 110 Å². The SMILES string of the molecule is COc1ccc(Br)c2c1C(C(=O)NS(=O)(=O)c1cccc3c(C(=O)O)cccc13)CC2. The minimum Gasteiger partial charge on any atom is -0.496 e. The van der Waals surface area contributed by atoms with Crippen LogP contribution in [0.2, 0.25) is 0 Å². The van der Waals surface area contributed by atoms with Gasteiger partial charge in [0.2, 0.25) is 5.91 Å². The van der Waals surface area contributed by atoms with Crippen LogP contribution in [0.3, 0.4) is 0 Å². The smallest absolute Gasteiger partial charge is 0.336 e. The second-order valence-corrected chi connectivity index (χ2v) is 9.67. The molecule has 9 heteroatoms. The molecular formula is C22H18BrNO6S. The highest BCUT2D eigenvalue weighted by Crippen LogP contribution is 2.43. The average Bonchev–Trinajstić information content (AvgIpc) is 3.19. The van der Waals surface area contributed by atoms with E-state index < -0.39 is 27.8 Å². The van der Waals surface area contributed by atoms with Crippen LogP contribution >= 0.6 is 15.9 Å². The van der Waals surface area contributed by atoms with Gasteiger partial charge in [-0.25, -0.2) is 17.9 Å². The first-order chi connectivity index (χ1) is 14.7. The number of carboxylic acids is 1. The zero-order valence-electron chi connectivity index (χ0n) is 16.4. The van der Waals surface area contributed by atoms with Crippen molar-refractivity contribution < 1.29 is 27.9 Å². The van der Waals surface area contributed by atoms with Gasteiger partial charge in [-0.3, -0.25) is 4.79 Å². The van der Waals surface area contributed by atoms with Crippen molar-refractivity contribution in [2.24, 2.45) is 0 Å². The molecule has 1 unspecified atom stereocenters. The van der Waals surface area contributed by atoms with Gasteiger partial charge in [-0.05, 0) is 48.1 Å². The molecule has 1 aliphatic carbocycles. The summed E-state index contributed by atoms with van der Waals surface area (Å²) in [5.41, 5.74) is 1.59. The van der Waals surface area contributed by atoms with E-state index >= 15 is 0 Å². The zero-order valence-corrected chi connectivity index (χ0v) is 18.8. The number of halogens is 1. The molecule has 0 saturated heterocycles. The maximum absolute atomic E-state index is 13.1.